The van der Waals surface area contributed by atoms with E-state index in [2.05, 4.69) is 5.32 Å². The van der Waals surface area contributed by atoms with Crippen molar-refractivity contribution in [1.29, 1.82) is 0 Å². The number of rotatable bonds is 2. The summed E-state index contributed by atoms with van der Waals surface area (Å²) in [4.78, 5) is 30.7. The normalized spacial score (nSPS) is 18.4. The quantitative estimate of drug-likeness (QED) is 0.917. The maximum atomic E-state index is 12.9. The van der Waals surface area contributed by atoms with Gasteiger partial charge in [-0.2, -0.15) is 0 Å². The molecule has 1 aliphatic heterocycles. The molecule has 2 aromatic rings. The summed E-state index contributed by atoms with van der Waals surface area (Å²) >= 11 is 0. The molecule has 2 amide bonds. The second-order valence-corrected chi connectivity index (χ2v) is 5.96. The van der Waals surface area contributed by atoms with Gasteiger partial charge in [0.2, 0.25) is 5.91 Å². The Kier molecular flexibility index (Phi) is 3.06. The average molecular weight is 295 g/mol. The number of carbonyl (C=O) groups is 2. The van der Waals surface area contributed by atoms with E-state index in [1.54, 1.807) is 4.90 Å². The highest BCUT2D eigenvalue weighted by Crippen LogP contribution is 2.40. The molecular formula is C17H17N3O2. The van der Waals surface area contributed by atoms with Gasteiger partial charge in [-0.3, -0.25) is 14.6 Å². The van der Waals surface area contributed by atoms with E-state index in [9.17, 15) is 9.59 Å². The highest BCUT2D eigenvalue weighted by Gasteiger charge is 2.29. The van der Waals surface area contributed by atoms with E-state index in [1.165, 1.54) is 0 Å². The van der Waals surface area contributed by atoms with E-state index < -0.39 is 0 Å². The third kappa shape index (κ3) is 2.32. The van der Waals surface area contributed by atoms with Crippen molar-refractivity contribution in [2.45, 2.75) is 18.8 Å². The summed E-state index contributed by atoms with van der Waals surface area (Å²) < 4.78 is 0. The summed E-state index contributed by atoms with van der Waals surface area (Å²) in [5.41, 5.74) is 2.53. The number of carbonyl (C=O) groups excluding carboxylic acids is 2. The minimum Gasteiger partial charge on any atom is -0.353 e. The average Bonchev–Trinajstić information content (AvgIpc) is 3.38. The Morgan fingerprint density at radius 2 is 2.09 bits per heavy atom. The molecule has 1 N–H and O–H groups in total. The second-order valence-electron chi connectivity index (χ2n) is 5.96. The summed E-state index contributed by atoms with van der Waals surface area (Å²) in [5.74, 6) is 0.316. The van der Waals surface area contributed by atoms with Crippen molar-refractivity contribution < 1.29 is 9.59 Å². The minimum atomic E-state index is -0.0969. The Labute approximate surface area is 128 Å². The lowest BCUT2D eigenvalue weighted by Gasteiger charge is -2.27. The smallest absolute Gasteiger partial charge is 0.255 e. The van der Waals surface area contributed by atoms with Gasteiger partial charge in [0.15, 0.2) is 0 Å². The first-order chi connectivity index (χ1) is 10.7. The molecule has 22 heavy (non-hydrogen) atoms. The van der Waals surface area contributed by atoms with Gasteiger partial charge in [-0.15, -0.1) is 0 Å². The molecule has 1 saturated carbocycles. The van der Waals surface area contributed by atoms with Crippen molar-refractivity contribution in [3.8, 4) is 0 Å². The van der Waals surface area contributed by atoms with Crippen LogP contribution in [0.5, 0.6) is 0 Å². The molecular weight excluding hydrogens is 278 g/mol. The molecule has 0 atom stereocenters. The Bertz CT molecular complexity index is 768. The van der Waals surface area contributed by atoms with E-state index in [1.807, 2.05) is 30.3 Å². The molecule has 5 heteroatoms. The number of piperazine rings is 1. The second kappa shape index (κ2) is 5.09. The van der Waals surface area contributed by atoms with Crippen LogP contribution in [0.3, 0.4) is 0 Å². The number of aromatic nitrogens is 1. The molecule has 0 unspecified atom stereocenters. The number of nitrogens with one attached hydrogen (secondary N) is 1. The topological polar surface area (TPSA) is 62.3 Å². The van der Waals surface area contributed by atoms with Crippen LogP contribution in [-0.2, 0) is 4.79 Å². The van der Waals surface area contributed by atoms with Crippen molar-refractivity contribution in [2.75, 3.05) is 19.6 Å². The molecule has 2 fully saturated rings. The lowest BCUT2D eigenvalue weighted by atomic mass is 10.0. The van der Waals surface area contributed by atoms with Crippen molar-refractivity contribution in [3.63, 3.8) is 0 Å². The molecule has 0 radical (unpaired) electrons. The van der Waals surface area contributed by atoms with Crippen LogP contribution in [0.1, 0.15) is 34.8 Å². The van der Waals surface area contributed by atoms with E-state index in [4.69, 9.17) is 4.98 Å². The van der Waals surface area contributed by atoms with Gasteiger partial charge in [0.1, 0.15) is 0 Å². The van der Waals surface area contributed by atoms with Crippen molar-refractivity contribution in [3.05, 3.63) is 41.6 Å². The summed E-state index contributed by atoms with van der Waals surface area (Å²) in [6.45, 7) is 1.21. The first-order valence-electron chi connectivity index (χ1n) is 7.68. The number of nitrogens with zero attached hydrogens (tertiary/aromatic N) is 2. The third-order valence-electron chi connectivity index (χ3n) is 4.29. The number of hydrogen-bond donors (Lipinski definition) is 1. The Hall–Kier alpha value is -2.43. The number of hydrogen-bond acceptors (Lipinski definition) is 3. The van der Waals surface area contributed by atoms with E-state index in [0.717, 1.165) is 29.4 Å². The van der Waals surface area contributed by atoms with Gasteiger partial charge in [0.25, 0.3) is 5.91 Å². The summed E-state index contributed by atoms with van der Waals surface area (Å²) in [6, 6.07) is 9.65. The third-order valence-corrected chi connectivity index (χ3v) is 4.29. The van der Waals surface area contributed by atoms with Gasteiger partial charge in [0.05, 0.1) is 17.6 Å². The van der Waals surface area contributed by atoms with Crippen LogP contribution in [0.2, 0.25) is 0 Å². The molecule has 0 spiro atoms. The summed E-state index contributed by atoms with van der Waals surface area (Å²) in [6.07, 6.45) is 2.29. The fourth-order valence-electron chi connectivity index (χ4n) is 2.94. The number of amides is 2. The summed E-state index contributed by atoms with van der Waals surface area (Å²) in [7, 11) is 0. The van der Waals surface area contributed by atoms with Crippen LogP contribution in [0.4, 0.5) is 0 Å². The monoisotopic (exact) mass is 295 g/mol. The zero-order valence-corrected chi connectivity index (χ0v) is 12.2. The van der Waals surface area contributed by atoms with Crippen LogP contribution < -0.4 is 5.32 Å². The van der Waals surface area contributed by atoms with Crippen molar-refractivity contribution in [2.24, 2.45) is 0 Å². The van der Waals surface area contributed by atoms with Gasteiger partial charge >= 0.3 is 0 Å². The number of para-hydroxylation sites is 1. The van der Waals surface area contributed by atoms with E-state index >= 15 is 0 Å². The lowest BCUT2D eigenvalue weighted by Crippen LogP contribution is -2.50. The maximum absolute atomic E-state index is 12.9. The van der Waals surface area contributed by atoms with Gasteiger partial charge in [-0.05, 0) is 25.0 Å². The minimum absolute atomic E-state index is 0.0737. The first-order valence-corrected chi connectivity index (χ1v) is 7.68. The molecule has 4 rings (SSSR count). The molecule has 5 nitrogen and oxygen atoms in total. The van der Waals surface area contributed by atoms with Crippen LogP contribution in [-0.4, -0.2) is 41.3 Å². The number of benzene rings is 1. The van der Waals surface area contributed by atoms with Gasteiger partial charge < -0.3 is 10.2 Å². The Morgan fingerprint density at radius 1 is 1.27 bits per heavy atom. The van der Waals surface area contributed by atoms with Crippen molar-refractivity contribution in [1.82, 2.24) is 15.2 Å². The van der Waals surface area contributed by atoms with Crippen molar-refractivity contribution >= 4 is 22.7 Å². The molecule has 112 valence electrons. The molecule has 1 aromatic carbocycles. The number of pyridine rings is 1. The fourth-order valence-corrected chi connectivity index (χ4v) is 2.94. The molecule has 1 aromatic heterocycles. The molecule has 0 bridgehead atoms. The van der Waals surface area contributed by atoms with E-state index in [0.29, 0.717) is 24.6 Å². The van der Waals surface area contributed by atoms with Crippen LogP contribution in [0.15, 0.2) is 30.3 Å². The molecule has 1 aliphatic carbocycles. The fraction of sp³-hybridized carbons (Fsp3) is 0.353. The lowest BCUT2D eigenvalue weighted by molar-refractivity contribution is -0.123. The highest BCUT2D eigenvalue weighted by molar-refractivity contribution is 6.07. The molecule has 1 saturated heterocycles. The zero-order chi connectivity index (χ0) is 15.1. The summed E-state index contributed by atoms with van der Waals surface area (Å²) in [5, 5.41) is 3.61. The van der Waals surface area contributed by atoms with Crippen LogP contribution in [0, 0.1) is 0 Å². The van der Waals surface area contributed by atoms with E-state index in [-0.39, 0.29) is 18.4 Å². The SMILES string of the molecule is O=C1CN(C(=O)c2cc(C3CC3)nc3ccccc23)CCN1. The Morgan fingerprint density at radius 3 is 2.86 bits per heavy atom. The molecule has 2 heterocycles. The van der Waals surface area contributed by atoms with Crippen LogP contribution in [0.25, 0.3) is 10.9 Å². The van der Waals surface area contributed by atoms with Gasteiger partial charge in [-0.1, -0.05) is 18.2 Å². The van der Waals surface area contributed by atoms with Gasteiger partial charge in [0, 0.05) is 30.1 Å². The Balaban J connectivity index is 1.78. The molecule has 2 aliphatic rings. The first kappa shape index (κ1) is 13.2. The highest BCUT2D eigenvalue weighted by atomic mass is 16.2. The zero-order valence-electron chi connectivity index (χ0n) is 12.2. The predicted octanol–water partition coefficient (Wildman–Crippen LogP) is 1.68. The maximum Gasteiger partial charge on any atom is 0.255 e. The predicted molar refractivity (Wildman–Crippen MR) is 82.6 cm³/mol. The standard InChI is InChI=1S/C17H17N3O2/c21-16-10-20(8-7-18-16)17(22)13-9-15(11-5-6-11)19-14-4-2-1-3-12(13)14/h1-4,9,11H,5-8,10H2,(H,18,21). The largest absolute Gasteiger partial charge is 0.353 e. The van der Waals surface area contributed by atoms with Crippen LogP contribution >= 0.6 is 0 Å². The number of fused-ring (bicyclic) bond motifs is 1. The van der Waals surface area contributed by atoms with Gasteiger partial charge in [-0.25, -0.2) is 0 Å².